The van der Waals surface area contributed by atoms with Crippen LogP contribution in [0.5, 0.6) is 11.5 Å². The fourth-order valence-corrected chi connectivity index (χ4v) is 3.44. The normalized spacial score (nSPS) is 10.8. The first-order valence-corrected chi connectivity index (χ1v) is 9.12. The quantitative estimate of drug-likeness (QED) is 0.479. The van der Waals surface area contributed by atoms with E-state index in [-0.39, 0.29) is 33.3 Å². The Morgan fingerprint density at radius 2 is 1.89 bits per heavy atom. The molecule has 0 saturated heterocycles. The first-order chi connectivity index (χ1) is 13.4. The summed E-state index contributed by atoms with van der Waals surface area (Å²) in [4.78, 5) is 13.3. The summed E-state index contributed by atoms with van der Waals surface area (Å²) in [7, 11) is 0. The molecule has 3 aromatic rings. The van der Waals surface area contributed by atoms with Gasteiger partial charge in [-0.1, -0.05) is 11.6 Å². The van der Waals surface area contributed by atoms with Crippen molar-refractivity contribution in [2.45, 2.75) is 6.92 Å². The number of aromatic hydroxyl groups is 2. The molecule has 1 aromatic heterocycles. The SMILES string of the molecule is Cc1sc(N=Nc2ccc(O)cc2O)c(C#N)c1C(=O)Nc1ccc(Cl)cc1. The van der Waals surface area contributed by atoms with Crippen LogP contribution in [-0.4, -0.2) is 16.1 Å². The minimum absolute atomic E-state index is 0.0935. The molecule has 28 heavy (non-hydrogen) atoms. The van der Waals surface area contributed by atoms with Crippen LogP contribution in [0.3, 0.4) is 0 Å². The number of phenolic OH excluding ortho intramolecular Hbond substituents is 2. The van der Waals surface area contributed by atoms with Gasteiger partial charge in [0.1, 0.15) is 28.8 Å². The van der Waals surface area contributed by atoms with Gasteiger partial charge in [-0.15, -0.1) is 21.6 Å². The number of carbonyl (C=O) groups excluding carboxylic acids is 1. The molecule has 1 amide bonds. The molecule has 0 spiro atoms. The van der Waals surface area contributed by atoms with Crippen LogP contribution in [0, 0.1) is 18.3 Å². The smallest absolute Gasteiger partial charge is 0.258 e. The van der Waals surface area contributed by atoms with Crippen molar-refractivity contribution in [2.24, 2.45) is 10.2 Å². The minimum Gasteiger partial charge on any atom is -0.508 e. The highest BCUT2D eigenvalue weighted by molar-refractivity contribution is 7.16. The number of aryl methyl sites for hydroxylation is 1. The van der Waals surface area contributed by atoms with E-state index in [0.717, 1.165) is 17.4 Å². The molecule has 140 valence electrons. The molecule has 2 aromatic carbocycles. The molecule has 3 rings (SSSR count). The van der Waals surface area contributed by atoms with Crippen molar-refractivity contribution < 1.29 is 15.0 Å². The van der Waals surface area contributed by atoms with Crippen LogP contribution in [0.2, 0.25) is 5.02 Å². The van der Waals surface area contributed by atoms with Crippen LogP contribution in [0.1, 0.15) is 20.8 Å². The first-order valence-electron chi connectivity index (χ1n) is 7.93. The summed E-state index contributed by atoms with van der Waals surface area (Å²) in [6.07, 6.45) is 0. The summed E-state index contributed by atoms with van der Waals surface area (Å²) in [6, 6.07) is 12.5. The summed E-state index contributed by atoms with van der Waals surface area (Å²) >= 11 is 6.98. The zero-order chi connectivity index (χ0) is 20.3. The highest BCUT2D eigenvalue weighted by Gasteiger charge is 2.22. The Morgan fingerprint density at radius 1 is 1.18 bits per heavy atom. The number of thiophene rings is 1. The molecular formula is C19H13ClN4O3S. The topological polar surface area (TPSA) is 118 Å². The number of azo groups is 1. The van der Waals surface area contributed by atoms with Gasteiger partial charge in [-0.25, -0.2) is 0 Å². The van der Waals surface area contributed by atoms with Crippen molar-refractivity contribution in [1.82, 2.24) is 0 Å². The van der Waals surface area contributed by atoms with Gasteiger partial charge in [0, 0.05) is 21.7 Å². The molecule has 7 nitrogen and oxygen atoms in total. The van der Waals surface area contributed by atoms with E-state index >= 15 is 0 Å². The Labute approximate surface area is 169 Å². The number of phenols is 2. The Balaban J connectivity index is 1.91. The largest absolute Gasteiger partial charge is 0.508 e. The number of nitrogens with zero attached hydrogens (tertiary/aromatic N) is 3. The van der Waals surface area contributed by atoms with E-state index in [9.17, 15) is 20.3 Å². The van der Waals surface area contributed by atoms with Crippen molar-refractivity contribution in [2.75, 3.05) is 5.32 Å². The Morgan fingerprint density at radius 3 is 2.54 bits per heavy atom. The number of rotatable bonds is 4. The van der Waals surface area contributed by atoms with Gasteiger partial charge in [0.2, 0.25) is 0 Å². The lowest BCUT2D eigenvalue weighted by Gasteiger charge is -2.05. The van der Waals surface area contributed by atoms with Crippen LogP contribution < -0.4 is 5.32 Å². The lowest BCUT2D eigenvalue weighted by molar-refractivity contribution is 0.102. The summed E-state index contributed by atoms with van der Waals surface area (Å²) in [6.45, 7) is 1.71. The van der Waals surface area contributed by atoms with E-state index in [1.54, 1.807) is 31.2 Å². The standard InChI is InChI=1S/C19H13ClN4O3S/c1-10-17(18(27)22-12-4-2-11(20)3-5-12)14(9-21)19(28-10)24-23-15-7-6-13(25)8-16(15)26/h2-8,25-26H,1H3,(H,22,27). The number of amides is 1. The number of benzene rings is 2. The molecule has 0 aliphatic rings. The third-order valence-corrected chi connectivity index (χ3v) is 4.96. The molecule has 0 fully saturated rings. The number of halogens is 1. The maximum absolute atomic E-state index is 12.7. The maximum Gasteiger partial charge on any atom is 0.258 e. The number of nitrogens with one attached hydrogen (secondary N) is 1. The van der Waals surface area contributed by atoms with E-state index in [4.69, 9.17) is 11.6 Å². The van der Waals surface area contributed by atoms with Crippen molar-refractivity contribution in [3.05, 3.63) is 63.5 Å². The number of hydrogen-bond acceptors (Lipinski definition) is 7. The van der Waals surface area contributed by atoms with Crippen LogP contribution in [0.25, 0.3) is 0 Å². The zero-order valence-corrected chi connectivity index (χ0v) is 16.0. The van der Waals surface area contributed by atoms with Gasteiger partial charge in [-0.3, -0.25) is 4.79 Å². The van der Waals surface area contributed by atoms with E-state index in [2.05, 4.69) is 15.5 Å². The van der Waals surface area contributed by atoms with Gasteiger partial charge in [0.05, 0.1) is 5.56 Å². The first kappa shape index (κ1) is 19.4. The maximum atomic E-state index is 12.7. The van der Waals surface area contributed by atoms with Crippen LogP contribution >= 0.6 is 22.9 Å². The fraction of sp³-hybridized carbons (Fsp3) is 0.0526. The Hall–Kier alpha value is -3.41. The molecule has 0 aliphatic heterocycles. The number of hydrogen-bond donors (Lipinski definition) is 3. The molecule has 0 bridgehead atoms. The van der Waals surface area contributed by atoms with Crippen molar-refractivity contribution in [3.8, 4) is 17.6 Å². The van der Waals surface area contributed by atoms with Crippen LogP contribution in [-0.2, 0) is 0 Å². The van der Waals surface area contributed by atoms with Gasteiger partial charge < -0.3 is 15.5 Å². The van der Waals surface area contributed by atoms with Crippen LogP contribution in [0.4, 0.5) is 16.4 Å². The third kappa shape index (κ3) is 4.11. The number of anilines is 1. The predicted molar refractivity (Wildman–Crippen MR) is 107 cm³/mol. The monoisotopic (exact) mass is 412 g/mol. The van der Waals surface area contributed by atoms with Gasteiger partial charge >= 0.3 is 0 Å². The van der Waals surface area contributed by atoms with Crippen molar-refractivity contribution in [1.29, 1.82) is 5.26 Å². The summed E-state index contributed by atoms with van der Waals surface area (Å²) < 4.78 is 0. The van der Waals surface area contributed by atoms with Crippen molar-refractivity contribution >= 4 is 45.2 Å². The van der Waals surface area contributed by atoms with Gasteiger partial charge in [0.25, 0.3) is 5.91 Å². The van der Waals surface area contributed by atoms with Crippen molar-refractivity contribution in [3.63, 3.8) is 0 Å². The second-order valence-electron chi connectivity index (χ2n) is 5.66. The highest BCUT2D eigenvalue weighted by Crippen LogP contribution is 2.38. The molecule has 9 heteroatoms. The summed E-state index contributed by atoms with van der Waals surface area (Å²) in [5.41, 5.74) is 0.975. The molecular weight excluding hydrogens is 400 g/mol. The average Bonchev–Trinajstić information content (AvgIpc) is 2.98. The van der Waals surface area contributed by atoms with E-state index in [1.807, 2.05) is 6.07 Å². The van der Waals surface area contributed by atoms with Gasteiger partial charge in [0.15, 0.2) is 5.00 Å². The fourth-order valence-electron chi connectivity index (χ4n) is 2.40. The van der Waals surface area contributed by atoms with E-state index in [1.165, 1.54) is 12.1 Å². The molecule has 0 atom stereocenters. The highest BCUT2D eigenvalue weighted by atomic mass is 35.5. The lowest BCUT2D eigenvalue weighted by atomic mass is 10.1. The van der Waals surface area contributed by atoms with Gasteiger partial charge in [-0.2, -0.15) is 5.26 Å². The molecule has 0 aliphatic carbocycles. The zero-order valence-electron chi connectivity index (χ0n) is 14.5. The number of nitriles is 1. The molecule has 0 radical (unpaired) electrons. The third-order valence-electron chi connectivity index (χ3n) is 3.71. The lowest BCUT2D eigenvalue weighted by Crippen LogP contribution is -2.13. The average molecular weight is 413 g/mol. The summed E-state index contributed by atoms with van der Waals surface area (Å²) in [5.74, 6) is -0.805. The molecule has 0 unspecified atom stereocenters. The van der Waals surface area contributed by atoms with E-state index < -0.39 is 5.91 Å². The summed E-state index contributed by atoms with van der Waals surface area (Å²) in [5, 5.41) is 40.0. The van der Waals surface area contributed by atoms with Crippen LogP contribution in [0.15, 0.2) is 52.7 Å². The molecule has 3 N–H and O–H groups in total. The minimum atomic E-state index is -0.443. The molecule has 1 heterocycles. The van der Waals surface area contributed by atoms with Gasteiger partial charge in [-0.05, 0) is 43.3 Å². The Kier molecular flexibility index (Phi) is 5.59. The number of carbonyl (C=O) groups is 1. The Bertz CT molecular complexity index is 1120. The second-order valence-corrected chi connectivity index (χ2v) is 7.30. The predicted octanol–water partition coefficient (Wildman–Crippen LogP) is 5.66. The van der Waals surface area contributed by atoms with E-state index in [0.29, 0.717) is 15.6 Å². The molecule has 0 saturated carbocycles. The second kappa shape index (κ2) is 8.08.